The number of nitrogens with zero attached hydrogens (tertiary/aromatic N) is 3. The van der Waals surface area contributed by atoms with E-state index in [1.165, 1.54) is 69.2 Å². The minimum atomic E-state index is 0.283. The fraction of sp³-hybridized carbons (Fsp3) is 0.714. The summed E-state index contributed by atoms with van der Waals surface area (Å²) < 4.78 is 0. The molecule has 1 aromatic rings. The molecule has 168 valence electrons. The highest BCUT2D eigenvalue weighted by Gasteiger charge is 2.58. The molecule has 0 spiro atoms. The summed E-state index contributed by atoms with van der Waals surface area (Å²) in [6, 6.07) is 8.55. The van der Waals surface area contributed by atoms with Crippen LogP contribution in [0.3, 0.4) is 0 Å². The molecule has 0 heterocycles. The molecule has 4 aliphatic carbocycles. The first-order chi connectivity index (χ1) is 14.9. The SMILES string of the molecule is CN(C)c1ccc(/C=N\N=C2\CC[C@@H]3[C@H]4CC[C@@H]5CCCC[C@]5(C)[C@H]4CC[C@]23C)cc1. The van der Waals surface area contributed by atoms with Gasteiger partial charge in [-0.15, -0.1) is 0 Å². The molecule has 6 atom stereocenters. The predicted octanol–water partition coefficient (Wildman–Crippen LogP) is 6.96. The van der Waals surface area contributed by atoms with E-state index in [4.69, 9.17) is 5.10 Å². The molecule has 3 nitrogen and oxygen atoms in total. The van der Waals surface area contributed by atoms with E-state index < -0.39 is 0 Å². The summed E-state index contributed by atoms with van der Waals surface area (Å²) in [5.41, 5.74) is 4.63. The van der Waals surface area contributed by atoms with Crippen LogP contribution in [0.2, 0.25) is 0 Å². The smallest absolute Gasteiger partial charge is 0.0568 e. The van der Waals surface area contributed by atoms with E-state index >= 15 is 0 Å². The summed E-state index contributed by atoms with van der Waals surface area (Å²) in [6.07, 6.45) is 16.1. The van der Waals surface area contributed by atoms with Crippen molar-refractivity contribution in [2.24, 2.45) is 44.7 Å². The maximum absolute atomic E-state index is 4.84. The van der Waals surface area contributed by atoms with Gasteiger partial charge in [0, 0.05) is 30.9 Å². The number of benzene rings is 1. The topological polar surface area (TPSA) is 28.0 Å². The van der Waals surface area contributed by atoms with E-state index in [0.29, 0.717) is 5.41 Å². The van der Waals surface area contributed by atoms with Gasteiger partial charge in [0.25, 0.3) is 0 Å². The lowest BCUT2D eigenvalue weighted by atomic mass is 9.45. The van der Waals surface area contributed by atoms with Gasteiger partial charge < -0.3 is 4.90 Å². The molecule has 0 aliphatic heterocycles. The van der Waals surface area contributed by atoms with Crippen molar-refractivity contribution in [1.29, 1.82) is 0 Å². The summed E-state index contributed by atoms with van der Waals surface area (Å²) in [5.74, 6) is 3.72. The predicted molar refractivity (Wildman–Crippen MR) is 132 cm³/mol. The molecule has 0 radical (unpaired) electrons. The molecule has 4 saturated carbocycles. The van der Waals surface area contributed by atoms with E-state index in [-0.39, 0.29) is 5.41 Å². The number of hydrogen-bond acceptors (Lipinski definition) is 3. The summed E-state index contributed by atoms with van der Waals surface area (Å²) in [7, 11) is 4.14. The average molecular weight is 420 g/mol. The largest absolute Gasteiger partial charge is 0.378 e. The Bertz CT molecular complexity index is 854. The maximum Gasteiger partial charge on any atom is 0.0568 e. The maximum atomic E-state index is 4.84. The Kier molecular flexibility index (Phi) is 5.51. The third-order valence-corrected chi connectivity index (χ3v) is 10.1. The molecule has 0 amide bonds. The van der Waals surface area contributed by atoms with Crippen molar-refractivity contribution in [2.45, 2.75) is 78.1 Å². The first-order valence-corrected chi connectivity index (χ1v) is 12.8. The van der Waals surface area contributed by atoms with Crippen molar-refractivity contribution in [2.75, 3.05) is 19.0 Å². The molecule has 3 heteroatoms. The van der Waals surface area contributed by atoms with Gasteiger partial charge in [0.2, 0.25) is 0 Å². The zero-order valence-electron chi connectivity index (χ0n) is 20.1. The Hall–Kier alpha value is -1.64. The minimum absolute atomic E-state index is 0.283. The van der Waals surface area contributed by atoms with Crippen LogP contribution in [0.15, 0.2) is 34.5 Å². The van der Waals surface area contributed by atoms with Crippen LogP contribution in [0.25, 0.3) is 0 Å². The first-order valence-electron chi connectivity index (χ1n) is 12.8. The van der Waals surface area contributed by atoms with Crippen LogP contribution >= 0.6 is 0 Å². The molecule has 1 aromatic carbocycles. The highest BCUT2D eigenvalue weighted by Crippen LogP contribution is 2.65. The second-order valence-electron chi connectivity index (χ2n) is 11.7. The zero-order chi connectivity index (χ0) is 21.6. The van der Waals surface area contributed by atoms with Crippen LogP contribution in [0, 0.1) is 34.5 Å². The number of anilines is 1. The van der Waals surface area contributed by atoms with E-state index in [1.807, 2.05) is 6.21 Å². The van der Waals surface area contributed by atoms with Gasteiger partial charge in [-0.05, 0) is 98.1 Å². The van der Waals surface area contributed by atoms with E-state index in [0.717, 1.165) is 35.7 Å². The Labute approximate surface area is 189 Å². The van der Waals surface area contributed by atoms with Gasteiger partial charge in [-0.3, -0.25) is 0 Å². The Balaban J connectivity index is 1.32. The van der Waals surface area contributed by atoms with Crippen LogP contribution < -0.4 is 4.90 Å². The molecule has 31 heavy (non-hydrogen) atoms. The van der Waals surface area contributed by atoms with Gasteiger partial charge in [-0.1, -0.05) is 38.8 Å². The first kappa shape index (κ1) is 21.2. The van der Waals surface area contributed by atoms with Crippen LogP contribution in [-0.4, -0.2) is 26.0 Å². The minimum Gasteiger partial charge on any atom is -0.378 e. The molecule has 0 aromatic heterocycles. The normalized spacial score (nSPS) is 41.1. The van der Waals surface area contributed by atoms with Crippen molar-refractivity contribution in [3.63, 3.8) is 0 Å². The van der Waals surface area contributed by atoms with Gasteiger partial charge in [0.15, 0.2) is 0 Å². The fourth-order valence-corrected chi connectivity index (χ4v) is 8.27. The molecule has 5 rings (SSSR count). The second-order valence-corrected chi connectivity index (χ2v) is 11.7. The van der Waals surface area contributed by atoms with Crippen LogP contribution in [0.5, 0.6) is 0 Å². The number of hydrogen-bond donors (Lipinski definition) is 0. The summed E-state index contributed by atoms with van der Waals surface area (Å²) in [4.78, 5) is 2.12. The molecule has 0 bridgehead atoms. The molecule has 4 aliphatic rings. The summed E-state index contributed by atoms with van der Waals surface area (Å²) in [5, 5.41) is 9.41. The quantitative estimate of drug-likeness (QED) is 0.384. The molecular weight excluding hydrogens is 378 g/mol. The van der Waals surface area contributed by atoms with E-state index in [2.05, 4.69) is 62.2 Å². The van der Waals surface area contributed by atoms with Crippen LogP contribution in [-0.2, 0) is 0 Å². The van der Waals surface area contributed by atoms with E-state index in [1.54, 1.807) is 0 Å². The Morgan fingerprint density at radius 2 is 1.71 bits per heavy atom. The zero-order valence-corrected chi connectivity index (χ0v) is 20.1. The summed E-state index contributed by atoms with van der Waals surface area (Å²) in [6.45, 7) is 5.20. The van der Waals surface area contributed by atoms with Crippen molar-refractivity contribution in [3.05, 3.63) is 29.8 Å². The fourth-order valence-electron chi connectivity index (χ4n) is 8.27. The van der Waals surface area contributed by atoms with Crippen molar-refractivity contribution >= 4 is 17.6 Å². The van der Waals surface area contributed by atoms with Gasteiger partial charge in [0.1, 0.15) is 0 Å². The van der Waals surface area contributed by atoms with Gasteiger partial charge >= 0.3 is 0 Å². The lowest BCUT2D eigenvalue weighted by molar-refractivity contribution is -0.0936. The lowest BCUT2D eigenvalue weighted by Gasteiger charge is -2.59. The van der Waals surface area contributed by atoms with Crippen molar-refractivity contribution in [3.8, 4) is 0 Å². The lowest BCUT2D eigenvalue weighted by Crippen LogP contribution is -2.52. The monoisotopic (exact) mass is 419 g/mol. The van der Waals surface area contributed by atoms with E-state index in [9.17, 15) is 0 Å². The molecule has 0 saturated heterocycles. The molecule has 0 unspecified atom stereocenters. The second kappa shape index (κ2) is 8.05. The highest BCUT2D eigenvalue weighted by atomic mass is 15.2. The van der Waals surface area contributed by atoms with Gasteiger partial charge in [-0.25, -0.2) is 0 Å². The standard InChI is InChI=1S/C28H41N3/c1-27-17-6-5-7-21(27)10-13-23-24-14-15-26(28(24,2)18-16-25(23)27)30-29-19-20-8-11-22(12-9-20)31(3)4/h8-9,11-12,19,21,23-25H,5-7,10,13-18H2,1-4H3/b29-19-,30-26-/t21-,23+,24+,25-,27-,28-/m0/s1. The molecule has 4 fully saturated rings. The Morgan fingerprint density at radius 1 is 0.903 bits per heavy atom. The third-order valence-electron chi connectivity index (χ3n) is 10.1. The molecule has 0 N–H and O–H groups in total. The highest BCUT2D eigenvalue weighted by molar-refractivity contribution is 5.93. The van der Waals surface area contributed by atoms with Crippen LogP contribution in [0.1, 0.15) is 83.6 Å². The number of rotatable bonds is 3. The van der Waals surface area contributed by atoms with Crippen molar-refractivity contribution in [1.82, 2.24) is 0 Å². The average Bonchev–Trinajstić information content (AvgIpc) is 3.10. The Morgan fingerprint density at radius 3 is 2.48 bits per heavy atom. The molecular formula is C28H41N3. The third kappa shape index (κ3) is 3.56. The van der Waals surface area contributed by atoms with Gasteiger partial charge in [0.05, 0.1) is 6.21 Å². The van der Waals surface area contributed by atoms with Gasteiger partial charge in [-0.2, -0.15) is 10.2 Å². The van der Waals surface area contributed by atoms with Crippen LogP contribution in [0.4, 0.5) is 5.69 Å². The van der Waals surface area contributed by atoms with Crippen molar-refractivity contribution < 1.29 is 0 Å². The summed E-state index contributed by atoms with van der Waals surface area (Å²) >= 11 is 0. The number of fused-ring (bicyclic) bond motifs is 5.